The summed E-state index contributed by atoms with van der Waals surface area (Å²) in [4.78, 5) is 6.61. The molecule has 0 radical (unpaired) electrons. The Kier molecular flexibility index (Phi) is 9.46. The van der Waals surface area contributed by atoms with E-state index in [0.29, 0.717) is 16.0 Å². The van der Waals surface area contributed by atoms with Gasteiger partial charge in [-0.3, -0.25) is 9.88 Å². The first-order chi connectivity index (χ1) is 10.3. The minimum absolute atomic E-state index is 0. The lowest BCUT2D eigenvalue weighted by atomic mass is 9.86. The molecular formula is C15H23Cl4N3O. The van der Waals surface area contributed by atoms with Crippen LogP contribution in [0.25, 0.3) is 0 Å². The molecule has 3 heterocycles. The van der Waals surface area contributed by atoms with Crippen molar-refractivity contribution in [3.8, 4) is 0 Å². The van der Waals surface area contributed by atoms with E-state index in [1.165, 1.54) is 0 Å². The van der Waals surface area contributed by atoms with Crippen molar-refractivity contribution >= 4 is 48.0 Å². The van der Waals surface area contributed by atoms with E-state index in [-0.39, 0.29) is 30.9 Å². The van der Waals surface area contributed by atoms with Gasteiger partial charge in [0.2, 0.25) is 0 Å². The summed E-state index contributed by atoms with van der Waals surface area (Å²) >= 11 is 12.9. The first-order valence-electron chi connectivity index (χ1n) is 7.59. The monoisotopic (exact) mass is 401 g/mol. The number of aromatic nitrogens is 1. The highest BCUT2D eigenvalue weighted by Crippen LogP contribution is 2.41. The van der Waals surface area contributed by atoms with Crippen LogP contribution >= 0.6 is 48.0 Å². The van der Waals surface area contributed by atoms with Crippen LogP contribution in [0.1, 0.15) is 24.4 Å². The maximum Gasteiger partial charge on any atom is 0.0652 e. The summed E-state index contributed by atoms with van der Waals surface area (Å²) in [5.74, 6) is 0.536. The smallest absolute Gasteiger partial charge is 0.0652 e. The molecule has 0 aromatic carbocycles. The summed E-state index contributed by atoms with van der Waals surface area (Å²) in [5, 5.41) is 4.77. The predicted octanol–water partition coefficient (Wildman–Crippen LogP) is 3.60. The quantitative estimate of drug-likeness (QED) is 0.837. The number of piperazine rings is 1. The van der Waals surface area contributed by atoms with E-state index < -0.39 is 0 Å². The third-order valence-electron chi connectivity index (χ3n) is 4.44. The Balaban J connectivity index is 0.00000132. The fourth-order valence-corrected chi connectivity index (χ4v) is 4.00. The number of hydrogen-bond acceptors (Lipinski definition) is 4. The molecule has 0 spiro atoms. The zero-order valence-electron chi connectivity index (χ0n) is 12.8. The molecule has 1 N–H and O–H groups in total. The van der Waals surface area contributed by atoms with Crippen molar-refractivity contribution in [2.75, 3.05) is 39.4 Å². The van der Waals surface area contributed by atoms with E-state index in [9.17, 15) is 0 Å². The first-order valence-corrected chi connectivity index (χ1v) is 8.34. The fraction of sp³-hybridized carbons (Fsp3) is 0.667. The van der Waals surface area contributed by atoms with Gasteiger partial charge in [0.05, 0.1) is 10.0 Å². The van der Waals surface area contributed by atoms with Crippen molar-refractivity contribution in [3.05, 3.63) is 28.0 Å². The topological polar surface area (TPSA) is 37.4 Å². The predicted molar refractivity (Wildman–Crippen MR) is 99.5 cm³/mol. The molecule has 0 unspecified atom stereocenters. The second kappa shape index (κ2) is 10.2. The van der Waals surface area contributed by atoms with E-state index in [4.69, 9.17) is 27.9 Å². The van der Waals surface area contributed by atoms with Crippen LogP contribution in [0.2, 0.25) is 10.0 Å². The molecule has 1 aromatic rings. The van der Waals surface area contributed by atoms with Gasteiger partial charge in [0.1, 0.15) is 0 Å². The number of rotatable bonds is 3. The van der Waals surface area contributed by atoms with Crippen LogP contribution in [0.3, 0.4) is 0 Å². The van der Waals surface area contributed by atoms with Gasteiger partial charge in [0.25, 0.3) is 0 Å². The maximum absolute atomic E-state index is 6.44. The van der Waals surface area contributed by atoms with Crippen LogP contribution < -0.4 is 5.32 Å². The first kappa shape index (κ1) is 21.2. The second-order valence-electron chi connectivity index (χ2n) is 5.70. The van der Waals surface area contributed by atoms with Crippen molar-refractivity contribution in [2.24, 2.45) is 5.92 Å². The van der Waals surface area contributed by atoms with Crippen molar-refractivity contribution in [1.29, 1.82) is 0 Å². The normalized spacial score (nSPS) is 21.1. The summed E-state index contributed by atoms with van der Waals surface area (Å²) in [6.07, 6.45) is 5.53. The molecule has 0 bridgehead atoms. The van der Waals surface area contributed by atoms with Gasteiger partial charge in [-0.1, -0.05) is 23.2 Å². The summed E-state index contributed by atoms with van der Waals surface area (Å²) in [5.41, 5.74) is 1.04. The molecule has 2 aliphatic heterocycles. The molecule has 2 saturated heterocycles. The van der Waals surface area contributed by atoms with Crippen molar-refractivity contribution in [2.45, 2.75) is 18.9 Å². The number of nitrogens with zero attached hydrogens (tertiary/aromatic N) is 2. The lowest BCUT2D eigenvalue weighted by molar-refractivity contribution is 0.0213. The standard InChI is InChI=1S/C15H21Cl2N3O.2ClH/c16-12-9-19-10-13(17)14(12)15(11-1-7-21-8-2-11)20-5-3-18-4-6-20;;/h9-11,15,18H,1-8H2;2*1H/t15-;;/m1../s1. The van der Waals surface area contributed by atoms with Crippen LogP contribution in [0.5, 0.6) is 0 Å². The summed E-state index contributed by atoms with van der Waals surface area (Å²) in [6.45, 7) is 5.73. The Morgan fingerprint density at radius 3 is 2.22 bits per heavy atom. The lowest BCUT2D eigenvalue weighted by Gasteiger charge is -2.41. The molecule has 1 aromatic heterocycles. The van der Waals surface area contributed by atoms with Gasteiger partial charge < -0.3 is 10.1 Å². The van der Waals surface area contributed by atoms with Crippen LogP contribution in [-0.2, 0) is 4.74 Å². The van der Waals surface area contributed by atoms with Crippen LogP contribution in [0.4, 0.5) is 0 Å². The number of halogens is 4. The molecular weight excluding hydrogens is 380 g/mol. The summed E-state index contributed by atoms with van der Waals surface area (Å²) in [6, 6.07) is 0.263. The van der Waals surface area contributed by atoms with Gasteiger partial charge in [-0.15, -0.1) is 24.8 Å². The third kappa shape index (κ3) is 5.08. The zero-order valence-corrected chi connectivity index (χ0v) is 16.0. The van der Waals surface area contributed by atoms with E-state index >= 15 is 0 Å². The molecule has 0 amide bonds. The molecule has 8 heteroatoms. The van der Waals surface area contributed by atoms with Crippen molar-refractivity contribution in [3.63, 3.8) is 0 Å². The van der Waals surface area contributed by atoms with E-state index in [1.54, 1.807) is 12.4 Å². The van der Waals surface area contributed by atoms with E-state index in [0.717, 1.165) is 57.8 Å². The SMILES string of the molecule is Cl.Cl.Clc1cncc(Cl)c1[C@@H](C1CCOCC1)N1CCNCC1. The van der Waals surface area contributed by atoms with E-state index in [2.05, 4.69) is 15.2 Å². The third-order valence-corrected chi connectivity index (χ3v) is 5.05. The van der Waals surface area contributed by atoms with Gasteiger partial charge in [0, 0.05) is 63.4 Å². The maximum atomic E-state index is 6.44. The summed E-state index contributed by atoms with van der Waals surface area (Å²) < 4.78 is 5.52. The molecule has 0 aliphatic carbocycles. The Morgan fingerprint density at radius 1 is 1.09 bits per heavy atom. The van der Waals surface area contributed by atoms with Gasteiger partial charge in [-0.05, 0) is 18.8 Å². The molecule has 1 atom stereocenters. The minimum atomic E-state index is 0. The molecule has 2 aliphatic rings. The number of nitrogens with one attached hydrogen (secondary N) is 1. The zero-order chi connectivity index (χ0) is 14.7. The van der Waals surface area contributed by atoms with Crippen molar-refractivity contribution < 1.29 is 4.74 Å². The highest BCUT2D eigenvalue weighted by atomic mass is 35.5. The minimum Gasteiger partial charge on any atom is -0.381 e. The number of pyridine rings is 1. The molecule has 3 rings (SSSR count). The van der Waals surface area contributed by atoms with Crippen LogP contribution in [0.15, 0.2) is 12.4 Å². The Labute approximate surface area is 160 Å². The summed E-state index contributed by atoms with van der Waals surface area (Å²) in [7, 11) is 0. The average molecular weight is 403 g/mol. The van der Waals surface area contributed by atoms with Crippen LogP contribution in [0, 0.1) is 5.92 Å². The molecule has 0 saturated carbocycles. The number of ether oxygens (including phenoxy) is 1. The Bertz CT molecular complexity index is 442. The molecule has 23 heavy (non-hydrogen) atoms. The number of hydrogen-bond donors (Lipinski definition) is 1. The Hall–Kier alpha value is 0.190. The Morgan fingerprint density at radius 2 is 1.65 bits per heavy atom. The largest absolute Gasteiger partial charge is 0.381 e. The highest BCUT2D eigenvalue weighted by Gasteiger charge is 2.33. The fourth-order valence-electron chi connectivity index (χ4n) is 3.41. The van der Waals surface area contributed by atoms with Gasteiger partial charge >= 0.3 is 0 Å². The molecule has 132 valence electrons. The van der Waals surface area contributed by atoms with Crippen molar-refractivity contribution in [1.82, 2.24) is 15.2 Å². The molecule has 2 fully saturated rings. The van der Waals surface area contributed by atoms with Crippen LogP contribution in [-0.4, -0.2) is 49.3 Å². The second-order valence-corrected chi connectivity index (χ2v) is 6.51. The lowest BCUT2D eigenvalue weighted by Crippen LogP contribution is -2.47. The highest BCUT2D eigenvalue weighted by molar-refractivity contribution is 6.35. The van der Waals surface area contributed by atoms with Gasteiger partial charge in [-0.2, -0.15) is 0 Å². The van der Waals surface area contributed by atoms with E-state index in [1.807, 2.05) is 0 Å². The van der Waals surface area contributed by atoms with Gasteiger partial charge in [-0.25, -0.2) is 0 Å². The molecule has 4 nitrogen and oxygen atoms in total. The van der Waals surface area contributed by atoms with Gasteiger partial charge in [0.15, 0.2) is 0 Å². The average Bonchev–Trinajstić information content (AvgIpc) is 2.53.